The first-order chi connectivity index (χ1) is 15.2. The minimum Gasteiger partial charge on any atom is -0.452 e. The minimum atomic E-state index is -4.81. The summed E-state index contributed by atoms with van der Waals surface area (Å²) in [6.45, 7) is 8.69. The number of hydrogen-bond donors (Lipinski definition) is 0. The summed E-state index contributed by atoms with van der Waals surface area (Å²) in [5, 5.41) is 0. The Bertz CT molecular complexity index is 947. The Kier molecular flexibility index (Phi) is 8.56. The van der Waals surface area contributed by atoms with Crippen molar-refractivity contribution in [2.45, 2.75) is 76.7 Å². The van der Waals surface area contributed by atoms with E-state index >= 15 is 0 Å². The SMILES string of the molecule is CC(C)N(C(=O)[C@@H](C)OC(=O)C1CCN(S(=O)(=O)c2ccccc2C(F)(F)F)CC1)C(C)C. The lowest BCUT2D eigenvalue weighted by molar-refractivity contribution is -0.165. The van der Waals surface area contributed by atoms with Crippen molar-refractivity contribution in [1.29, 1.82) is 0 Å². The highest BCUT2D eigenvalue weighted by atomic mass is 32.2. The molecule has 1 heterocycles. The Morgan fingerprint density at radius 2 is 1.55 bits per heavy atom. The maximum absolute atomic E-state index is 13.3. The van der Waals surface area contributed by atoms with Crippen LogP contribution in [0.4, 0.5) is 13.2 Å². The van der Waals surface area contributed by atoms with Crippen LogP contribution in [0.25, 0.3) is 0 Å². The molecule has 0 unspecified atom stereocenters. The van der Waals surface area contributed by atoms with Gasteiger partial charge in [0.15, 0.2) is 6.10 Å². The van der Waals surface area contributed by atoms with Crippen LogP contribution in [0.3, 0.4) is 0 Å². The van der Waals surface area contributed by atoms with Crippen molar-refractivity contribution in [1.82, 2.24) is 9.21 Å². The second-order valence-electron chi connectivity index (χ2n) is 8.68. The molecule has 2 rings (SSSR count). The van der Waals surface area contributed by atoms with Gasteiger partial charge >= 0.3 is 12.1 Å². The van der Waals surface area contributed by atoms with Crippen molar-refractivity contribution in [3.05, 3.63) is 29.8 Å². The molecule has 1 fully saturated rings. The zero-order chi connectivity index (χ0) is 25.1. The number of carbonyl (C=O) groups is 2. The van der Waals surface area contributed by atoms with Crippen LogP contribution in [-0.4, -0.2) is 60.8 Å². The fourth-order valence-corrected chi connectivity index (χ4v) is 5.71. The number of ether oxygens (including phenoxy) is 1. The zero-order valence-corrected chi connectivity index (χ0v) is 20.2. The van der Waals surface area contributed by atoms with E-state index in [1.165, 1.54) is 13.0 Å². The predicted octanol–water partition coefficient (Wildman–Crippen LogP) is 3.68. The molecule has 0 bridgehead atoms. The molecule has 0 N–H and O–H groups in total. The van der Waals surface area contributed by atoms with Crippen molar-refractivity contribution in [3.8, 4) is 0 Å². The first kappa shape index (κ1) is 27.1. The molecular formula is C22H31F3N2O5S. The van der Waals surface area contributed by atoms with Crippen molar-refractivity contribution in [2.75, 3.05) is 13.1 Å². The number of rotatable bonds is 7. The smallest absolute Gasteiger partial charge is 0.417 e. The Hall–Kier alpha value is -2.14. The van der Waals surface area contributed by atoms with Crippen LogP contribution in [0, 0.1) is 5.92 Å². The normalized spacial score (nSPS) is 17.3. The maximum Gasteiger partial charge on any atom is 0.417 e. The number of piperidine rings is 1. The highest BCUT2D eigenvalue weighted by Crippen LogP contribution is 2.36. The average molecular weight is 493 g/mol. The van der Waals surface area contributed by atoms with E-state index in [0.717, 1.165) is 22.5 Å². The van der Waals surface area contributed by atoms with Gasteiger partial charge in [0, 0.05) is 25.2 Å². The number of benzene rings is 1. The highest BCUT2D eigenvalue weighted by molar-refractivity contribution is 7.89. The van der Waals surface area contributed by atoms with E-state index in [0.29, 0.717) is 0 Å². The quantitative estimate of drug-likeness (QED) is 0.542. The van der Waals surface area contributed by atoms with Crippen molar-refractivity contribution < 1.29 is 35.9 Å². The summed E-state index contributed by atoms with van der Waals surface area (Å²) < 4.78 is 71.9. The number of esters is 1. The van der Waals surface area contributed by atoms with E-state index in [9.17, 15) is 31.2 Å². The van der Waals surface area contributed by atoms with Gasteiger partial charge in [-0.1, -0.05) is 12.1 Å². The number of nitrogens with zero attached hydrogens (tertiary/aromatic N) is 2. The number of carbonyl (C=O) groups excluding carboxylic acids is 2. The van der Waals surface area contributed by atoms with Gasteiger partial charge in [0.2, 0.25) is 10.0 Å². The third-order valence-corrected chi connectivity index (χ3v) is 7.56. The molecule has 186 valence electrons. The Morgan fingerprint density at radius 1 is 1.03 bits per heavy atom. The summed E-state index contributed by atoms with van der Waals surface area (Å²) in [5.41, 5.74) is -1.22. The van der Waals surface area contributed by atoms with Crippen molar-refractivity contribution in [2.24, 2.45) is 5.92 Å². The number of alkyl halides is 3. The predicted molar refractivity (Wildman–Crippen MR) is 116 cm³/mol. The fourth-order valence-electron chi connectivity index (χ4n) is 4.03. The lowest BCUT2D eigenvalue weighted by Crippen LogP contribution is -2.48. The Balaban J connectivity index is 2.05. The monoisotopic (exact) mass is 492 g/mol. The van der Waals surface area contributed by atoms with Crippen LogP contribution in [0.5, 0.6) is 0 Å². The summed E-state index contributed by atoms with van der Waals surface area (Å²) in [6, 6.07) is 3.88. The molecule has 0 saturated carbocycles. The molecule has 1 atom stereocenters. The van der Waals surface area contributed by atoms with Crippen molar-refractivity contribution in [3.63, 3.8) is 0 Å². The number of hydrogen-bond acceptors (Lipinski definition) is 5. The Morgan fingerprint density at radius 3 is 2.03 bits per heavy atom. The van der Waals surface area contributed by atoms with Gasteiger partial charge in [-0.15, -0.1) is 0 Å². The molecular weight excluding hydrogens is 461 g/mol. The molecule has 1 saturated heterocycles. The lowest BCUT2D eigenvalue weighted by atomic mass is 9.98. The van der Waals surface area contributed by atoms with Gasteiger partial charge in [0.1, 0.15) is 0 Å². The van der Waals surface area contributed by atoms with Gasteiger partial charge in [-0.05, 0) is 59.6 Å². The standard InChI is InChI=1S/C22H31F3N2O5S/c1-14(2)27(15(3)4)20(28)16(5)32-21(29)17-10-12-26(13-11-17)33(30,31)19-9-7-6-8-18(19)22(23,24)25/h6-9,14-17H,10-13H2,1-5H3/t16-/m1/s1. The molecule has 33 heavy (non-hydrogen) atoms. The van der Waals surface area contributed by atoms with Crippen LogP contribution in [0.2, 0.25) is 0 Å². The zero-order valence-electron chi connectivity index (χ0n) is 19.4. The van der Waals surface area contributed by atoms with Gasteiger partial charge < -0.3 is 9.64 Å². The van der Waals surface area contributed by atoms with Gasteiger partial charge in [-0.3, -0.25) is 9.59 Å². The molecule has 1 aliphatic rings. The van der Waals surface area contributed by atoms with Gasteiger partial charge in [-0.25, -0.2) is 8.42 Å². The maximum atomic E-state index is 13.3. The van der Waals surface area contributed by atoms with Gasteiger partial charge in [-0.2, -0.15) is 17.5 Å². The van der Waals surface area contributed by atoms with E-state index in [2.05, 4.69) is 0 Å². The average Bonchev–Trinajstić information content (AvgIpc) is 2.72. The van der Waals surface area contributed by atoms with Crippen molar-refractivity contribution >= 4 is 21.9 Å². The van der Waals surface area contributed by atoms with Gasteiger partial charge in [0.05, 0.1) is 16.4 Å². The topological polar surface area (TPSA) is 84.0 Å². The second kappa shape index (κ2) is 10.4. The van der Waals surface area contributed by atoms with Crippen LogP contribution in [0.1, 0.15) is 53.0 Å². The van der Waals surface area contributed by atoms with E-state index in [4.69, 9.17) is 4.74 Å². The molecule has 1 aliphatic heterocycles. The third-order valence-electron chi connectivity index (χ3n) is 5.61. The lowest BCUT2D eigenvalue weighted by Gasteiger charge is -2.34. The molecule has 0 spiro atoms. The third kappa shape index (κ3) is 6.26. The largest absolute Gasteiger partial charge is 0.452 e. The molecule has 0 aromatic heterocycles. The molecule has 1 aromatic carbocycles. The van der Waals surface area contributed by atoms with E-state index in [-0.39, 0.29) is 43.9 Å². The summed E-state index contributed by atoms with van der Waals surface area (Å²) >= 11 is 0. The first-order valence-corrected chi connectivity index (χ1v) is 12.3. The van der Waals surface area contributed by atoms with Crippen LogP contribution >= 0.6 is 0 Å². The highest BCUT2D eigenvalue weighted by Gasteiger charge is 2.40. The summed E-state index contributed by atoms with van der Waals surface area (Å²) in [4.78, 5) is 26.1. The first-order valence-electron chi connectivity index (χ1n) is 10.9. The Labute approximate surface area is 192 Å². The molecule has 7 nitrogen and oxygen atoms in total. The van der Waals surface area contributed by atoms with E-state index < -0.39 is 44.6 Å². The van der Waals surface area contributed by atoms with Crippen LogP contribution in [-0.2, 0) is 30.5 Å². The summed E-state index contributed by atoms with van der Waals surface area (Å²) in [7, 11) is -4.39. The number of amides is 1. The molecule has 0 aliphatic carbocycles. The van der Waals surface area contributed by atoms with Crippen LogP contribution in [0.15, 0.2) is 29.2 Å². The molecule has 1 amide bonds. The number of sulfonamides is 1. The summed E-state index contributed by atoms with van der Waals surface area (Å²) in [6.07, 6.45) is -5.63. The summed E-state index contributed by atoms with van der Waals surface area (Å²) in [5.74, 6) is -1.58. The number of halogens is 3. The fraction of sp³-hybridized carbons (Fsp3) is 0.636. The van der Waals surface area contributed by atoms with E-state index in [1.54, 1.807) is 4.90 Å². The molecule has 1 aromatic rings. The molecule has 0 radical (unpaired) electrons. The minimum absolute atomic E-state index is 0.0772. The van der Waals surface area contributed by atoms with Crippen LogP contribution < -0.4 is 0 Å². The second-order valence-corrected chi connectivity index (χ2v) is 10.6. The van der Waals surface area contributed by atoms with E-state index in [1.807, 2.05) is 27.7 Å². The van der Waals surface area contributed by atoms with Gasteiger partial charge in [0.25, 0.3) is 5.91 Å². The molecule has 11 heteroatoms.